The fourth-order valence-electron chi connectivity index (χ4n) is 2.25. The van der Waals surface area contributed by atoms with Crippen LogP contribution in [0.15, 0.2) is 70.2 Å². The number of rotatable bonds is 7. The van der Waals surface area contributed by atoms with Crippen LogP contribution in [0.1, 0.15) is 5.76 Å². The maximum Gasteiger partial charge on any atom is 0.277 e. The molecule has 9 heteroatoms. The number of hydrazone groups is 1. The Morgan fingerprint density at radius 3 is 2.75 bits per heavy atom. The molecule has 0 unspecified atom stereocenters. The zero-order chi connectivity index (χ0) is 19.9. The van der Waals surface area contributed by atoms with Gasteiger partial charge in [0.2, 0.25) is 0 Å². The maximum absolute atomic E-state index is 11.7. The van der Waals surface area contributed by atoms with Crippen LogP contribution in [-0.2, 0) is 4.79 Å². The number of carbonyl (C=O) groups is 1. The number of furan rings is 1. The predicted molar refractivity (Wildman–Crippen MR) is 103 cm³/mol. The average Bonchev–Trinajstić information content (AvgIpc) is 3.16. The van der Waals surface area contributed by atoms with E-state index in [9.17, 15) is 14.9 Å². The van der Waals surface area contributed by atoms with Gasteiger partial charge in [-0.1, -0.05) is 29.8 Å². The summed E-state index contributed by atoms with van der Waals surface area (Å²) < 4.78 is 10.9. The molecule has 3 rings (SSSR count). The molecule has 0 radical (unpaired) electrons. The first kappa shape index (κ1) is 19.1. The third kappa shape index (κ3) is 4.95. The Hall–Kier alpha value is -3.65. The Kier molecular flexibility index (Phi) is 6.03. The molecule has 1 N–H and O–H groups in total. The molecule has 0 aliphatic rings. The second-order valence-electron chi connectivity index (χ2n) is 5.52. The zero-order valence-electron chi connectivity index (χ0n) is 14.4. The minimum atomic E-state index is -0.516. The SMILES string of the molecule is O=C(COc1ccccc1)N/N=C/c1ccc(-c2cc([N+](=O)[O-])ccc2Cl)o1. The van der Waals surface area contributed by atoms with Crippen molar-refractivity contribution in [3.05, 3.63) is 81.6 Å². The van der Waals surface area contributed by atoms with E-state index in [-0.39, 0.29) is 12.3 Å². The van der Waals surface area contributed by atoms with Crippen molar-refractivity contribution in [2.75, 3.05) is 6.61 Å². The molecule has 0 saturated carbocycles. The number of nitrogens with zero attached hydrogens (tertiary/aromatic N) is 2. The number of carbonyl (C=O) groups excluding carboxylic acids is 1. The van der Waals surface area contributed by atoms with Gasteiger partial charge in [0.15, 0.2) is 6.61 Å². The van der Waals surface area contributed by atoms with Crippen LogP contribution >= 0.6 is 11.6 Å². The molecule has 1 heterocycles. The lowest BCUT2D eigenvalue weighted by Gasteiger charge is -2.03. The Morgan fingerprint density at radius 1 is 1.21 bits per heavy atom. The van der Waals surface area contributed by atoms with Crippen molar-refractivity contribution in [3.8, 4) is 17.1 Å². The Bertz CT molecular complexity index is 1020. The number of amides is 1. The molecule has 2 aromatic carbocycles. The number of nitro groups is 1. The fraction of sp³-hybridized carbons (Fsp3) is 0.0526. The molecule has 0 aliphatic heterocycles. The predicted octanol–water partition coefficient (Wildman–Crippen LogP) is 4.04. The average molecular weight is 400 g/mol. The number of benzene rings is 2. The molecule has 0 bridgehead atoms. The van der Waals surface area contributed by atoms with E-state index >= 15 is 0 Å². The minimum Gasteiger partial charge on any atom is -0.484 e. The second kappa shape index (κ2) is 8.83. The Balaban J connectivity index is 1.59. The largest absolute Gasteiger partial charge is 0.484 e. The Morgan fingerprint density at radius 2 is 2.00 bits per heavy atom. The van der Waals surface area contributed by atoms with E-state index in [1.807, 2.05) is 6.07 Å². The van der Waals surface area contributed by atoms with E-state index in [0.717, 1.165) is 0 Å². The first-order chi connectivity index (χ1) is 13.5. The van der Waals surface area contributed by atoms with Gasteiger partial charge >= 0.3 is 0 Å². The molecule has 1 amide bonds. The molecule has 0 spiro atoms. The number of hydrogen-bond acceptors (Lipinski definition) is 6. The van der Waals surface area contributed by atoms with Crippen molar-refractivity contribution in [2.24, 2.45) is 5.10 Å². The van der Waals surface area contributed by atoms with E-state index < -0.39 is 10.8 Å². The summed E-state index contributed by atoms with van der Waals surface area (Å²) in [6.45, 7) is -0.186. The van der Waals surface area contributed by atoms with Crippen LogP contribution < -0.4 is 10.2 Å². The summed E-state index contributed by atoms with van der Waals surface area (Å²) in [5.41, 5.74) is 2.60. The van der Waals surface area contributed by atoms with Gasteiger partial charge in [0.25, 0.3) is 11.6 Å². The molecule has 0 fully saturated rings. The summed E-state index contributed by atoms with van der Waals surface area (Å²) >= 11 is 6.09. The second-order valence-corrected chi connectivity index (χ2v) is 5.93. The van der Waals surface area contributed by atoms with Gasteiger partial charge in [0.1, 0.15) is 17.3 Å². The number of halogens is 1. The van der Waals surface area contributed by atoms with Gasteiger partial charge in [-0.15, -0.1) is 0 Å². The van der Waals surface area contributed by atoms with Gasteiger partial charge in [-0.05, 0) is 30.3 Å². The van der Waals surface area contributed by atoms with E-state index in [2.05, 4.69) is 10.5 Å². The number of nitro benzene ring substituents is 1. The van der Waals surface area contributed by atoms with Crippen LogP contribution in [-0.4, -0.2) is 23.7 Å². The van der Waals surface area contributed by atoms with Crippen LogP contribution in [0, 0.1) is 10.1 Å². The molecule has 28 heavy (non-hydrogen) atoms. The van der Waals surface area contributed by atoms with Crippen LogP contribution in [0.5, 0.6) is 5.75 Å². The van der Waals surface area contributed by atoms with Crippen molar-refractivity contribution in [3.63, 3.8) is 0 Å². The molecule has 8 nitrogen and oxygen atoms in total. The van der Waals surface area contributed by atoms with Crippen molar-refractivity contribution in [1.29, 1.82) is 0 Å². The smallest absolute Gasteiger partial charge is 0.277 e. The van der Waals surface area contributed by atoms with Gasteiger partial charge < -0.3 is 9.15 Å². The normalized spacial score (nSPS) is 10.8. The van der Waals surface area contributed by atoms with Gasteiger partial charge in [-0.25, -0.2) is 5.43 Å². The highest BCUT2D eigenvalue weighted by molar-refractivity contribution is 6.33. The fourth-order valence-corrected chi connectivity index (χ4v) is 2.46. The van der Waals surface area contributed by atoms with E-state index in [4.69, 9.17) is 20.8 Å². The molecular weight excluding hydrogens is 386 g/mol. The highest BCUT2D eigenvalue weighted by Gasteiger charge is 2.14. The summed E-state index contributed by atoms with van der Waals surface area (Å²) in [5.74, 6) is 0.815. The monoisotopic (exact) mass is 399 g/mol. The first-order valence-electron chi connectivity index (χ1n) is 8.07. The van der Waals surface area contributed by atoms with Crippen molar-refractivity contribution in [2.45, 2.75) is 0 Å². The zero-order valence-corrected chi connectivity index (χ0v) is 15.1. The molecule has 142 valence electrons. The molecule has 0 saturated heterocycles. The number of hydrogen-bond donors (Lipinski definition) is 1. The lowest BCUT2D eigenvalue weighted by molar-refractivity contribution is -0.384. The molecule has 1 aromatic heterocycles. The first-order valence-corrected chi connectivity index (χ1v) is 8.44. The number of ether oxygens (including phenoxy) is 1. The van der Waals surface area contributed by atoms with E-state index in [1.54, 1.807) is 36.4 Å². The number of non-ortho nitro benzene ring substituents is 1. The Labute approximate surface area is 164 Å². The molecule has 0 aliphatic carbocycles. The summed E-state index contributed by atoms with van der Waals surface area (Å²) in [6, 6.07) is 16.2. The quantitative estimate of drug-likeness (QED) is 0.366. The van der Waals surface area contributed by atoms with Gasteiger partial charge in [-0.2, -0.15) is 5.10 Å². The number of nitrogens with one attached hydrogen (secondary N) is 1. The topological polar surface area (TPSA) is 107 Å². The van der Waals surface area contributed by atoms with Gasteiger partial charge in [0, 0.05) is 17.7 Å². The lowest BCUT2D eigenvalue weighted by Crippen LogP contribution is -2.24. The minimum absolute atomic E-state index is 0.100. The molecular formula is C19H14ClN3O5. The highest BCUT2D eigenvalue weighted by atomic mass is 35.5. The van der Waals surface area contributed by atoms with Crippen LogP contribution in [0.4, 0.5) is 5.69 Å². The third-order valence-electron chi connectivity index (χ3n) is 3.55. The van der Waals surface area contributed by atoms with Crippen LogP contribution in [0.3, 0.4) is 0 Å². The highest BCUT2D eigenvalue weighted by Crippen LogP contribution is 2.32. The summed E-state index contributed by atoms with van der Waals surface area (Å²) in [7, 11) is 0. The van der Waals surface area contributed by atoms with Crippen LogP contribution in [0.25, 0.3) is 11.3 Å². The lowest BCUT2D eigenvalue weighted by atomic mass is 10.1. The maximum atomic E-state index is 11.7. The van der Waals surface area contributed by atoms with Crippen LogP contribution in [0.2, 0.25) is 5.02 Å². The van der Waals surface area contributed by atoms with Gasteiger partial charge in [0.05, 0.1) is 16.2 Å². The molecule has 0 atom stereocenters. The summed E-state index contributed by atoms with van der Waals surface area (Å²) in [4.78, 5) is 22.1. The summed E-state index contributed by atoms with van der Waals surface area (Å²) in [6.07, 6.45) is 1.30. The molecule has 3 aromatic rings. The summed E-state index contributed by atoms with van der Waals surface area (Å²) in [5, 5.41) is 15.0. The van der Waals surface area contributed by atoms with Crippen molar-refractivity contribution < 1.29 is 18.9 Å². The van der Waals surface area contributed by atoms with Crippen molar-refractivity contribution >= 4 is 29.4 Å². The third-order valence-corrected chi connectivity index (χ3v) is 3.88. The van der Waals surface area contributed by atoms with E-state index in [0.29, 0.717) is 27.9 Å². The number of para-hydroxylation sites is 1. The van der Waals surface area contributed by atoms with Gasteiger partial charge in [-0.3, -0.25) is 14.9 Å². The van der Waals surface area contributed by atoms with Crippen molar-refractivity contribution in [1.82, 2.24) is 5.43 Å². The standard InChI is InChI=1S/C19H14ClN3O5/c20-17-8-6-13(23(25)26)10-16(17)18-9-7-15(28-18)11-21-22-19(24)12-27-14-4-2-1-3-5-14/h1-11H,12H2,(H,22,24)/b21-11+. The van der Waals surface area contributed by atoms with E-state index in [1.165, 1.54) is 24.4 Å².